The van der Waals surface area contributed by atoms with Crippen molar-refractivity contribution in [3.63, 3.8) is 0 Å². The fourth-order valence-corrected chi connectivity index (χ4v) is 2.02. The number of hydrogen-bond donors (Lipinski definition) is 3. The molecule has 2 amide bonds. The lowest BCUT2D eigenvalue weighted by Gasteiger charge is -2.42. The molecular formula is C13H25N3O4. The maximum Gasteiger partial charge on any atom is 0.337 e. The Balaban J connectivity index is 2.42. The van der Waals surface area contributed by atoms with E-state index in [4.69, 9.17) is 5.11 Å². The van der Waals surface area contributed by atoms with E-state index in [0.29, 0.717) is 13.1 Å². The molecule has 1 unspecified atom stereocenters. The molecule has 0 aromatic carbocycles. The minimum atomic E-state index is -1.94. The highest BCUT2D eigenvalue weighted by atomic mass is 16.4. The molecule has 3 N–H and O–H groups in total. The standard InChI is InChI=1S/C13H25N3O4/c1-12(2,3)16-7-5-15(6-8-16)11(19)14-9-13(4,20)10(17)18/h20H,5-9H2,1-4H3,(H,14,19)(H,17,18). The van der Waals surface area contributed by atoms with Crippen LogP contribution < -0.4 is 5.32 Å². The number of piperazine rings is 1. The van der Waals surface area contributed by atoms with Gasteiger partial charge in [0.25, 0.3) is 0 Å². The van der Waals surface area contributed by atoms with Crippen molar-refractivity contribution in [2.45, 2.75) is 38.8 Å². The third-order valence-electron chi connectivity index (χ3n) is 3.56. The van der Waals surface area contributed by atoms with Gasteiger partial charge in [0.2, 0.25) is 0 Å². The van der Waals surface area contributed by atoms with E-state index in [2.05, 4.69) is 31.0 Å². The summed E-state index contributed by atoms with van der Waals surface area (Å²) in [6.07, 6.45) is 0. The van der Waals surface area contributed by atoms with Crippen molar-refractivity contribution in [3.05, 3.63) is 0 Å². The quantitative estimate of drug-likeness (QED) is 0.676. The number of carboxylic acid groups (broad SMARTS) is 1. The van der Waals surface area contributed by atoms with Crippen LogP contribution in [-0.2, 0) is 4.79 Å². The summed E-state index contributed by atoms with van der Waals surface area (Å²) in [5, 5.41) is 20.8. The van der Waals surface area contributed by atoms with Crippen molar-refractivity contribution in [3.8, 4) is 0 Å². The third-order valence-corrected chi connectivity index (χ3v) is 3.56. The number of carbonyl (C=O) groups is 2. The summed E-state index contributed by atoms with van der Waals surface area (Å²) < 4.78 is 0. The van der Waals surface area contributed by atoms with Crippen LogP contribution in [0.5, 0.6) is 0 Å². The van der Waals surface area contributed by atoms with Gasteiger partial charge in [-0.3, -0.25) is 4.90 Å². The van der Waals surface area contributed by atoms with Crippen LogP contribution >= 0.6 is 0 Å². The maximum absolute atomic E-state index is 11.9. The fraction of sp³-hybridized carbons (Fsp3) is 0.846. The number of nitrogens with zero attached hydrogens (tertiary/aromatic N) is 2. The molecule has 0 aromatic rings. The largest absolute Gasteiger partial charge is 0.479 e. The number of nitrogens with one attached hydrogen (secondary N) is 1. The van der Waals surface area contributed by atoms with Crippen LogP contribution in [0.1, 0.15) is 27.7 Å². The molecule has 7 nitrogen and oxygen atoms in total. The first-order valence-electron chi connectivity index (χ1n) is 6.77. The molecule has 0 aromatic heterocycles. The SMILES string of the molecule is CC(O)(CNC(=O)N1CCN(C(C)(C)C)CC1)C(=O)O. The summed E-state index contributed by atoms with van der Waals surface area (Å²) in [6.45, 7) is 10.0. The zero-order valence-electron chi connectivity index (χ0n) is 12.6. The number of carbonyl (C=O) groups excluding carboxylic acids is 1. The van der Waals surface area contributed by atoms with E-state index in [1.807, 2.05) is 0 Å². The molecule has 0 bridgehead atoms. The molecule has 1 aliphatic rings. The Labute approximate surface area is 119 Å². The van der Waals surface area contributed by atoms with E-state index in [1.165, 1.54) is 0 Å². The van der Waals surface area contributed by atoms with Gasteiger partial charge in [-0.25, -0.2) is 9.59 Å². The van der Waals surface area contributed by atoms with Gasteiger partial charge in [-0.1, -0.05) is 0 Å². The van der Waals surface area contributed by atoms with Gasteiger partial charge in [0.05, 0.1) is 6.54 Å². The molecule has 20 heavy (non-hydrogen) atoms. The molecule has 0 aliphatic carbocycles. The van der Waals surface area contributed by atoms with Crippen LogP contribution in [0.3, 0.4) is 0 Å². The number of hydrogen-bond acceptors (Lipinski definition) is 4. The molecule has 0 saturated carbocycles. The van der Waals surface area contributed by atoms with Crippen molar-refractivity contribution < 1.29 is 19.8 Å². The van der Waals surface area contributed by atoms with E-state index in [9.17, 15) is 14.7 Å². The van der Waals surface area contributed by atoms with Crippen molar-refractivity contribution in [1.29, 1.82) is 0 Å². The number of aliphatic hydroxyl groups is 1. The predicted octanol–water partition coefficient (Wildman–Crippen LogP) is -0.0523. The lowest BCUT2D eigenvalue weighted by atomic mass is 10.1. The summed E-state index contributed by atoms with van der Waals surface area (Å²) in [6, 6.07) is -0.333. The van der Waals surface area contributed by atoms with Crippen LogP contribution in [0, 0.1) is 0 Å². The second-order valence-corrected chi connectivity index (χ2v) is 6.38. The molecule has 1 heterocycles. The summed E-state index contributed by atoms with van der Waals surface area (Å²) in [7, 11) is 0. The topological polar surface area (TPSA) is 93.1 Å². The van der Waals surface area contributed by atoms with Crippen LogP contribution in [0.2, 0.25) is 0 Å². The Bertz CT molecular complexity index is 368. The summed E-state index contributed by atoms with van der Waals surface area (Å²) in [5.74, 6) is -1.35. The zero-order valence-corrected chi connectivity index (χ0v) is 12.6. The maximum atomic E-state index is 11.9. The second kappa shape index (κ2) is 5.97. The predicted molar refractivity (Wildman–Crippen MR) is 74.6 cm³/mol. The second-order valence-electron chi connectivity index (χ2n) is 6.38. The summed E-state index contributed by atoms with van der Waals surface area (Å²) in [4.78, 5) is 26.6. The first-order chi connectivity index (χ1) is 9.04. The minimum Gasteiger partial charge on any atom is -0.479 e. The highest BCUT2D eigenvalue weighted by Crippen LogP contribution is 2.15. The Hall–Kier alpha value is -1.34. The molecule has 1 fully saturated rings. The molecule has 116 valence electrons. The molecule has 1 aliphatic heterocycles. The Morgan fingerprint density at radius 1 is 1.10 bits per heavy atom. The van der Waals surface area contributed by atoms with Gasteiger partial charge in [-0.2, -0.15) is 0 Å². The van der Waals surface area contributed by atoms with Gasteiger partial charge < -0.3 is 20.4 Å². The van der Waals surface area contributed by atoms with Gasteiger partial charge in [-0.15, -0.1) is 0 Å². The molecule has 7 heteroatoms. The summed E-state index contributed by atoms with van der Waals surface area (Å²) in [5.41, 5.74) is -1.86. The highest BCUT2D eigenvalue weighted by molar-refractivity contribution is 5.79. The number of carboxylic acids is 1. The highest BCUT2D eigenvalue weighted by Gasteiger charge is 2.32. The molecule has 1 saturated heterocycles. The van der Waals surface area contributed by atoms with Crippen LogP contribution in [0.25, 0.3) is 0 Å². The fourth-order valence-electron chi connectivity index (χ4n) is 2.02. The molecule has 0 radical (unpaired) electrons. The molecule has 1 atom stereocenters. The Morgan fingerprint density at radius 2 is 1.60 bits per heavy atom. The minimum absolute atomic E-state index is 0.0789. The Kier molecular flexibility index (Phi) is 4.99. The van der Waals surface area contributed by atoms with E-state index < -0.39 is 11.6 Å². The molecule has 0 spiro atoms. The zero-order chi connectivity index (χ0) is 15.6. The Morgan fingerprint density at radius 3 is 2.00 bits per heavy atom. The third kappa shape index (κ3) is 4.35. The monoisotopic (exact) mass is 287 g/mol. The number of urea groups is 1. The van der Waals surface area contributed by atoms with Crippen molar-refractivity contribution >= 4 is 12.0 Å². The van der Waals surface area contributed by atoms with Gasteiger partial charge in [0.15, 0.2) is 5.60 Å². The van der Waals surface area contributed by atoms with Gasteiger partial charge >= 0.3 is 12.0 Å². The molecular weight excluding hydrogens is 262 g/mol. The van der Waals surface area contributed by atoms with Crippen molar-refractivity contribution in [2.24, 2.45) is 0 Å². The van der Waals surface area contributed by atoms with Crippen molar-refractivity contribution in [2.75, 3.05) is 32.7 Å². The lowest BCUT2D eigenvalue weighted by molar-refractivity contribution is -0.155. The van der Waals surface area contributed by atoms with E-state index >= 15 is 0 Å². The number of aliphatic carboxylic acids is 1. The first kappa shape index (κ1) is 16.7. The van der Waals surface area contributed by atoms with Gasteiger partial charge in [-0.05, 0) is 27.7 Å². The lowest BCUT2D eigenvalue weighted by Crippen LogP contribution is -2.57. The number of amides is 2. The van der Waals surface area contributed by atoms with E-state index in [-0.39, 0.29) is 18.1 Å². The van der Waals surface area contributed by atoms with Crippen LogP contribution in [-0.4, -0.2) is 75.9 Å². The normalized spacial score (nSPS) is 20.4. The van der Waals surface area contributed by atoms with E-state index in [1.54, 1.807) is 4.90 Å². The van der Waals surface area contributed by atoms with Crippen LogP contribution in [0.15, 0.2) is 0 Å². The van der Waals surface area contributed by atoms with Gasteiger partial charge in [0.1, 0.15) is 0 Å². The molecule has 1 rings (SSSR count). The van der Waals surface area contributed by atoms with E-state index in [0.717, 1.165) is 20.0 Å². The smallest absolute Gasteiger partial charge is 0.337 e. The van der Waals surface area contributed by atoms with Crippen molar-refractivity contribution in [1.82, 2.24) is 15.1 Å². The average molecular weight is 287 g/mol. The average Bonchev–Trinajstić information content (AvgIpc) is 2.35. The van der Waals surface area contributed by atoms with Gasteiger partial charge in [0, 0.05) is 31.7 Å². The number of rotatable bonds is 3. The summed E-state index contributed by atoms with van der Waals surface area (Å²) >= 11 is 0. The first-order valence-corrected chi connectivity index (χ1v) is 6.77. The van der Waals surface area contributed by atoms with Crippen LogP contribution in [0.4, 0.5) is 4.79 Å².